The molecule has 1 aromatic heterocycles. The van der Waals surface area contributed by atoms with Crippen LogP contribution in [0.4, 0.5) is 22.0 Å². The summed E-state index contributed by atoms with van der Waals surface area (Å²) in [6.07, 6.45) is 0. The van der Waals surface area contributed by atoms with Crippen molar-refractivity contribution in [2.75, 3.05) is 0 Å². The standard InChI is InChI=1S/C21H16ClF5N2O2S/c1-9-17(32-18-15(26)13(24)12(23)14(25)16(18)27)19(29(28-9)21(2,3)4)31-20(30)10-7-5-6-8-11(10)22/h5-8H,1-4H3. The van der Waals surface area contributed by atoms with E-state index in [4.69, 9.17) is 16.3 Å². The van der Waals surface area contributed by atoms with Crippen LogP contribution in [0.15, 0.2) is 34.1 Å². The molecule has 0 unspecified atom stereocenters. The number of benzene rings is 2. The highest BCUT2D eigenvalue weighted by Gasteiger charge is 2.32. The second-order valence-electron chi connectivity index (χ2n) is 7.67. The van der Waals surface area contributed by atoms with Gasteiger partial charge in [0.05, 0.1) is 31.6 Å². The molecule has 3 rings (SSSR count). The average Bonchev–Trinajstić information content (AvgIpc) is 3.04. The molecule has 0 saturated heterocycles. The largest absolute Gasteiger partial charge is 0.403 e. The van der Waals surface area contributed by atoms with Crippen LogP contribution in [0.2, 0.25) is 5.02 Å². The number of ether oxygens (including phenoxy) is 1. The zero-order valence-electron chi connectivity index (χ0n) is 17.2. The molecule has 0 aliphatic rings. The van der Waals surface area contributed by atoms with Gasteiger partial charge in [-0.1, -0.05) is 35.5 Å². The smallest absolute Gasteiger partial charge is 0.346 e. The molecule has 0 radical (unpaired) electrons. The molecule has 0 amide bonds. The van der Waals surface area contributed by atoms with E-state index in [1.807, 2.05) is 0 Å². The van der Waals surface area contributed by atoms with Crippen molar-refractivity contribution in [3.05, 3.63) is 69.6 Å². The Bertz CT molecular complexity index is 1190. The number of hydrogen-bond acceptors (Lipinski definition) is 4. The Morgan fingerprint density at radius 1 is 0.969 bits per heavy atom. The normalized spacial score (nSPS) is 11.7. The second kappa shape index (κ2) is 8.74. The molecule has 0 atom stereocenters. The van der Waals surface area contributed by atoms with Gasteiger partial charge in [-0.3, -0.25) is 0 Å². The molecule has 0 N–H and O–H groups in total. The number of hydrogen-bond donors (Lipinski definition) is 0. The number of aryl methyl sites for hydroxylation is 1. The maximum Gasteiger partial charge on any atom is 0.346 e. The van der Waals surface area contributed by atoms with Crippen LogP contribution in [0.3, 0.4) is 0 Å². The molecule has 1 heterocycles. The Balaban J connectivity index is 2.15. The van der Waals surface area contributed by atoms with Crippen LogP contribution >= 0.6 is 23.4 Å². The Hall–Kier alpha value is -2.59. The van der Waals surface area contributed by atoms with Crippen molar-refractivity contribution in [1.29, 1.82) is 0 Å². The zero-order chi connectivity index (χ0) is 24.0. The lowest BCUT2D eigenvalue weighted by atomic mass is 10.1. The summed E-state index contributed by atoms with van der Waals surface area (Å²) in [7, 11) is 0. The second-order valence-corrected chi connectivity index (χ2v) is 9.10. The highest BCUT2D eigenvalue weighted by molar-refractivity contribution is 7.99. The van der Waals surface area contributed by atoms with Gasteiger partial charge in [0.1, 0.15) is 0 Å². The maximum absolute atomic E-state index is 14.3. The molecule has 4 nitrogen and oxygen atoms in total. The number of rotatable bonds is 4. The minimum Gasteiger partial charge on any atom is -0.403 e. The summed E-state index contributed by atoms with van der Waals surface area (Å²) < 4.78 is 76.1. The molecule has 170 valence electrons. The van der Waals surface area contributed by atoms with Gasteiger partial charge >= 0.3 is 5.97 Å². The van der Waals surface area contributed by atoms with Gasteiger partial charge < -0.3 is 4.74 Å². The van der Waals surface area contributed by atoms with Crippen LogP contribution in [-0.2, 0) is 5.54 Å². The fourth-order valence-corrected chi connectivity index (χ4v) is 3.88. The lowest BCUT2D eigenvalue weighted by Crippen LogP contribution is -2.25. The lowest BCUT2D eigenvalue weighted by Gasteiger charge is -2.22. The van der Waals surface area contributed by atoms with E-state index < -0.39 is 45.5 Å². The zero-order valence-corrected chi connectivity index (χ0v) is 18.8. The van der Waals surface area contributed by atoms with E-state index in [-0.39, 0.29) is 38.8 Å². The number of halogens is 6. The third kappa shape index (κ3) is 4.33. The molecule has 0 fully saturated rings. The number of carbonyl (C=O) groups excluding carboxylic acids is 1. The molecule has 0 aliphatic heterocycles. The average molecular weight is 491 g/mol. The third-order valence-electron chi connectivity index (χ3n) is 4.26. The van der Waals surface area contributed by atoms with E-state index in [0.717, 1.165) is 0 Å². The van der Waals surface area contributed by atoms with Gasteiger partial charge in [-0.15, -0.1) is 0 Å². The van der Waals surface area contributed by atoms with Crippen molar-refractivity contribution in [3.63, 3.8) is 0 Å². The summed E-state index contributed by atoms with van der Waals surface area (Å²) in [5.74, 6) is -11.6. The van der Waals surface area contributed by atoms with E-state index in [2.05, 4.69) is 5.10 Å². The number of nitrogens with zero attached hydrogens (tertiary/aromatic N) is 2. The fourth-order valence-electron chi connectivity index (χ4n) is 2.70. The first-order chi connectivity index (χ1) is 14.8. The number of carbonyl (C=O) groups is 1. The third-order valence-corrected chi connectivity index (χ3v) is 5.82. The lowest BCUT2D eigenvalue weighted by molar-refractivity contribution is 0.0704. The van der Waals surface area contributed by atoms with Crippen molar-refractivity contribution in [3.8, 4) is 5.88 Å². The predicted molar refractivity (Wildman–Crippen MR) is 109 cm³/mol. The molecular weight excluding hydrogens is 475 g/mol. The van der Waals surface area contributed by atoms with Crippen molar-refractivity contribution >= 4 is 29.3 Å². The van der Waals surface area contributed by atoms with Gasteiger partial charge in [-0.05, 0) is 39.8 Å². The minimum absolute atomic E-state index is 0.0145. The summed E-state index contributed by atoms with van der Waals surface area (Å²) in [5.41, 5.74) is -0.604. The van der Waals surface area contributed by atoms with Crippen LogP contribution in [-0.4, -0.2) is 15.7 Å². The van der Waals surface area contributed by atoms with E-state index in [1.165, 1.54) is 23.7 Å². The summed E-state index contributed by atoms with van der Waals surface area (Å²) in [5, 5.41) is 4.35. The molecular formula is C21H16ClF5N2O2S. The summed E-state index contributed by atoms with van der Waals surface area (Å²) in [6.45, 7) is 6.61. The first-order valence-corrected chi connectivity index (χ1v) is 10.3. The van der Waals surface area contributed by atoms with Gasteiger partial charge in [0.25, 0.3) is 0 Å². The quantitative estimate of drug-likeness (QED) is 0.177. The topological polar surface area (TPSA) is 44.1 Å². The Morgan fingerprint density at radius 2 is 1.50 bits per heavy atom. The number of esters is 1. The molecule has 0 spiro atoms. The highest BCUT2D eigenvalue weighted by atomic mass is 35.5. The molecule has 0 aliphatic carbocycles. The van der Waals surface area contributed by atoms with Gasteiger partial charge in [0, 0.05) is 0 Å². The summed E-state index contributed by atoms with van der Waals surface area (Å²) in [4.78, 5) is 11.5. The van der Waals surface area contributed by atoms with Crippen molar-refractivity contribution in [1.82, 2.24) is 9.78 Å². The van der Waals surface area contributed by atoms with Crippen LogP contribution < -0.4 is 4.74 Å². The molecule has 0 bridgehead atoms. The van der Waals surface area contributed by atoms with Crippen molar-refractivity contribution in [2.45, 2.75) is 43.0 Å². The maximum atomic E-state index is 14.3. The summed E-state index contributed by atoms with van der Waals surface area (Å²) in [6, 6.07) is 6.04. The monoisotopic (exact) mass is 490 g/mol. The van der Waals surface area contributed by atoms with E-state index in [0.29, 0.717) is 0 Å². The molecule has 11 heteroatoms. The first kappa shape index (κ1) is 24.1. The van der Waals surface area contributed by atoms with Crippen LogP contribution in [0.25, 0.3) is 0 Å². The van der Waals surface area contributed by atoms with E-state index in [1.54, 1.807) is 32.9 Å². The Morgan fingerprint density at radius 3 is 2.03 bits per heavy atom. The minimum atomic E-state index is -2.27. The first-order valence-electron chi connectivity index (χ1n) is 9.10. The highest BCUT2D eigenvalue weighted by Crippen LogP contribution is 2.43. The van der Waals surface area contributed by atoms with Crippen molar-refractivity contribution in [2.24, 2.45) is 0 Å². The number of aromatic nitrogens is 2. The van der Waals surface area contributed by atoms with E-state index >= 15 is 0 Å². The van der Waals surface area contributed by atoms with Gasteiger partial charge in [0.15, 0.2) is 23.3 Å². The van der Waals surface area contributed by atoms with Crippen LogP contribution in [0.1, 0.15) is 36.8 Å². The van der Waals surface area contributed by atoms with Crippen molar-refractivity contribution < 1.29 is 31.5 Å². The predicted octanol–water partition coefficient (Wildman–Crippen LogP) is 6.67. The van der Waals surface area contributed by atoms with E-state index in [9.17, 15) is 26.7 Å². The van der Waals surface area contributed by atoms with Crippen LogP contribution in [0.5, 0.6) is 5.88 Å². The molecule has 2 aromatic carbocycles. The van der Waals surface area contributed by atoms with Gasteiger partial charge in [-0.2, -0.15) is 5.10 Å². The Kier molecular flexibility index (Phi) is 6.57. The molecule has 0 saturated carbocycles. The van der Waals surface area contributed by atoms with Crippen LogP contribution in [0, 0.1) is 36.0 Å². The summed E-state index contributed by atoms with van der Waals surface area (Å²) >= 11 is 6.25. The SMILES string of the molecule is Cc1nn(C(C)(C)C)c(OC(=O)c2ccccc2Cl)c1Sc1c(F)c(F)c(F)c(F)c1F. The molecule has 3 aromatic rings. The van der Waals surface area contributed by atoms with Gasteiger partial charge in [-0.25, -0.2) is 31.4 Å². The molecule has 32 heavy (non-hydrogen) atoms. The fraction of sp³-hybridized carbons (Fsp3) is 0.238. The van der Waals surface area contributed by atoms with Gasteiger partial charge in [0.2, 0.25) is 11.7 Å². The Labute approximate surface area is 189 Å².